The summed E-state index contributed by atoms with van der Waals surface area (Å²) in [6.07, 6.45) is 0. The zero-order valence-corrected chi connectivity index (χ0v) is 13.4. The van der Waals surface area contributed by atoms with Gasteiger partial charge in [-0.25, -0.2) is 0 Å². The van der Waals surface area contributed by atoms with E-state index in [-0.39, 0.29) is 10.8 Å². The predicted octanol–water partition coefficient (Wildman–Crippen LogP) is 5.74. The summed E-state index contributed by atoms with van der Waals surface area (Å²) in [6.45, 7) is 16.1. The SMILES string of the molecule is Cc1c(C(C)(C)C)cc2ccccc2c1C(C)(C)C. The zero-order valence-electron chi connectivity index (χ0n) is 13.4. The van der Waals surface area contributed by atoms with Crippen molar-refractivity contribution in [3.63, 3.8) is 0 Å². The summed E-state index contributed by atoms with van der Waals surface area (Å²) >= 11 is 0. The van der Waals surface area contributed by atoms with Gasteiger partial charge in [0.2, 0.25) is 0 Å². The summed E-state index contributed by atoms with van der Waals surface area (Å²) in [5, 5.41) is 2.77. The maximum atomic E-state index is 2.37. The van der Waals surface area contributed by atoms with Crippen molar-refractivity contribution in [2.75, 3.05) is 0 Å². The van der Waals surface area contributed by atoms with Crippen LogP contribution in [0.2, 0.25) is 0 Å². The fraction of sp³-hybridized carbons (Fsp3) is 0.474. The Balaban J connectivity index is 2.94. The lowest BCUT2D eigenvalue weighted by Crippen LogP contribution is -2.20. The average Bonchev–Trinajstić information content (AvgIpc) is 2.24. The maximum absolute atomic E-state index is 2.37. The Hall–Kier alpha value is -1.30. The third kappa shape index (κ3) is 2.54. The molecule has 0 atom stereocenters. The molecule has 19 heavy (non-hydrogen) atoms. The van der Waals surface area contributed by atoms with Gasteiger partial charge in [0, 0.05) is 0 Å². The molecule has 0 amide bonds. The molecule has 0 nitrogen and oxygen atoms in total. The molecule has 102 valence electrons. The Kier molecular flexibility index (Phi) is 3.24. The number of benzene rings is 2. The van der Waals surface area contributed by atoms with E-state index >= 15 is 0 Å². The van der Waals surface area contributed by atoms with Crippen LogP contribution in [0.5, 0.6) is 0 Å². The van der Waals surface area contributed by atoms with E-state index in [4.69, 9.17) is 0 Å². The highest BCUT2D eigenvalue weighted by molar-refractivity contribution is 5.89. The van der Waals surface area contributed by atoms with E-state index in [1.807, 2.05) is 0 Å². The van der Waals surface area contributed by atoms with Crippen LogP contribution in [-0.2, 0) is 10.8 Å². The summed E-state index contributed by atoms with van der Waals surface area (Å²) in [4.78, 5) is 0. The van der Waals surface area contributed by atoms with Gasteiger partial charge in [-0.15, -0.1) is 0 Å². The van der Waals surface area contributed by atoms with Crippen molar-refractivity contribution < 1.29 is 0 Å². The fourth-order valence-electron chi connectivity index (χ4n) is 3.20. The predicted molar refractivity (Wildman–Crippen MR) is 86.1 cm³/mol. The summed E-state index contributed by atoms with van der Waals surface area (Å²) in [5.74, 6) is 0. The Morgan fingerprint density at radius 3 is 1.89 bits per heavy atom. The molecule has 0 N–H and O–H groups in total. The first-order valence-corrected chi connectivity index (χ1v) is 7.15. The minimum atomic E-state index is 0.172. The largest absolute Gasteiger partial charge is 0.0616 e. The molecule has 0 aliphatic heterocycles. The number of rotatable bonds is 0. The van der Waals surface area contributed by atoms with Gasteiger partial charge in [-0.05, 0) is 45.2 Å². The van der Waals surface area contributed by atoms with Crippen molar-refractivity contribution in [1.29, 1.82) is 0 Å². The van der Waals surface area contributed by atoms with Gasteiger partial charge in [0.1, 0.15) is 0 Å². The van der Waals surface area contributed by atoms with Gasteiger partial charge in [-0.3, -0.25) is 0 Å². The van der Waals surface area contributed by atoms with Gasteiger partial charge in [0.25, 0.3) is 0 Å². The lowest BCUT2D eigenvalue weighted by molar-refractivity contribution is 0.565. The number of hydrogen-bond acceptors (Lipinski definition) is 0. The normalized spacial score (nSPS) is 13.0. The highest BCUT2D eigenvalue weighted by Gasteiger charge is 2.25. The van der Waals surface area contributed by atoms with Gasteiger partial charge in [-0.1, -0.05) is 71.9 Å². The van der Waals surface area contributed by atoms with E-state index in [9.17, 15) is 0 Å². The van der Waals surface area contributed by atoms with Crippen LogP contribution in [0.1, 0.15) is 58.2 Å². The second-order valence-electron chi connectivity index (χ2n) is 7.65. The Morgan fingerprint density at radius 1 is 0.789 bits per heavy atom. The molecular weight excluding hydrogens is 228 g/mol. The molecule has 0 heterocycles. The van der Waals surface area contributed by atoms with E-state index in [1.165, 1.54) is 27.5 Å². The van der Waals surface area contributed by atoms with Crippen LogP contribution in [0, 0.1) is 6.92 Å². The minimum absolute atomic E-state index is 0.172. The average molecular weight is 254 g/mol. The first kappa shape index (κ1) is 14.1. The third-order valence-corrected chi connectivity index (χ3v) is 3.87. The van der Waals surface area contributed by atoms with Gasteiger partial charge in [0.05, 0.1) is 0 Å². The van der Waals surface area contributed by atoms with E-state index in [0.29, 0.717) is 0 Å². The molecule has 0 saturated heterocycles. The van der Waals surface area contributed by atoms with Crippen molar-refractivity contribution in [3.8, 4) is 0 Å². The molecule has 0 radical (unpaired) electrons. The van der Waals surface area contributed by atoms with Crippen molar-refractivity contribution >= 4 is 10.8 Å². The molecule has 0 unspecified atom stereocenters. The van der Waals surface area contributed by atoms with Crippen molar-refractivity contribution in [1.82, 2.24) is 0 Å². The third-order valence-electron chi connectivity index (χ3n) is 3.87. The van der Waals surface area contributed by atoms with Gasteiger partial charge >= 0.3 is 0 Å². The molecule has 0 aliphatic carbocycles. The van der Waals surface area contributed by atoms with Gasteiger partial charge in [-0.2, -0.15) is 0 Å². The Bertz CT molecular complexity index is 604. The Labute approximate surface area is 117 Å². The van der Waals surface area contributed by atoms with Crippen LogP contribution in [0.4, 0.5) is 0 Å². The van der Waals surface area contributed by atoms with E-state index in [1.54, 1.807) is 0 Å². The Morgan fingerprint density at radius 2 is 1.37 bits per heavy atom. The number of hydrogen-bond donors (Lipinski definition) is 0. The maximum Gasteiger partial charge on any atom is -0.0123 e. The topological polar surface area (TPSA) is 0 Å². The molecule has 0 heteroatoms. The van der Waals surface area contributed by atoms with Crippen molar-refractivity contribution in [3.05, 3.63) is 47.0 Å². The molecule has 0 saturated carbocycles. The minimum Gasteiger partial charge on any atom is -0.0616 e. The van der Waals surface area contributed by atoms with Crippen LogP contribution >= 0.6 is 0 Å². The monoisotopic (exact) mass is 254 g/mol. The highest BCUT2D eigenvalue weighted by atomic mass is 14.3. The smallest absolute Gasteiger partial charge is 0.0123 e. The zero-order chi connectivity index (χ0) is 14.4. The molecular formula is C19H26. The van der Waals surface area contributed by atoms with Crippen LogP contribution in [0.25, 0.3) is 10.8 Å². The van der Waals surface area contributed by atoms with Crippen molar-refractivity contribution in [2.45, 2.75) is 59.3 Å². The molecule has 0 aromatic heterocycles. The quantitative estimate of drug-likeness (QED) is 0.562. The first-order valence-electron chi connectivity index (χ1n) is 7.15. The first-order chi connectivity index (χ1) is 8.62. The summed E-state index contributed by atoms with van der Waals surface area (Å²) in [6, 6.07) is 11.2. The molecule has 0 bridgehead atoms. The van der Waals surface area contributed by atoms with Crippen LogP contribution in [0.15, 0.2) is 30.3 Å². The second-order valence-corrected chi connectivity index (χ2v) is 7.65. The van der Waals surface area contributed by atoms with Crippen LogP contribution < -0.4 is 0 Å². The van der Waals surface area contributed by atoms with Crippen LogP contribution in [-0.4, -0.2) is 0 Å². The van der Waals surface area contributed by atoms with Crippen LogP contribution in [0.3, 0.4) is 0 Å². The van der Waals surface area contributed by atoms with Gasteiger partial charge in [0.15, 0.2) is 0 Å². The van der Waals surface area contributed by atoms with Crippen molar-refractivity contribution in [2.24, 2.45) is 0 Å². The molecule has 0 spiro atoms. The van der Waals surface area contributed by atoms with E-state index in [2.05, 4.69) is 78.8 Å². The molecule has 0 aliphatic rings. The number of fused-ring (bicyclic) bond motifs is 1. The molecule has 2 aromatic rings. The molecule has 2 rings (SSSR count). The fourth-order valence-corrected chi connectivity index (χ4v) is 3.20. The second kappa shape index (κ2) is 4.37. The lowest BCUT2D eigenvalue weighted by atomic mass is 9.74. The lowest BCUT2D eigenvalue weighted by Gasteiger charge is -2.30. The molecule has 2 aromatic carbocycles. The van der Waals surface area contributed by atoms with E-state index < -0.39 is 0 Å². The highest BCUT2D eigenvalue weighted by Crippen LogP contribution is 2.38. The standard InChI is InChI=1S/C19H26/c1-13-16(18(2,3)4)12-14-10-8-9-11-15(14)17(13)19(5,6)7/h8-12H,1-7H3. The summed E-state index contributed by atoms with van der Waals surface area (Å²) < 4.78 is 0. The summed E-state index contributed by atoms with van der Waals surface area (Å²) in [7, 11) is 0. The summed E-state index contributed by atoms with van der Waals surface area (Å²) in [5.41, 5.74) is 4.78. The molecule has 0 fully saturated rings. The van der Waals surface area contributed by atoms with Gasteiger partial charge < -0.3 is 0 Å². The van der Waals surface area contributed by atoms with E-state index in [0.717, 1.165) is 0 Å².